The van der Waals surface area contributed by atoms with Crippen molar-refractivity contribution in [2.75, 3.05) is 0 Å². The van der Waals surface area contributed by atoms with Gasteiger partial charge in [0.15, 0.2) is 5.78 Å². The maximum Gasteiger partial charge on any atom is 0.173 e. The first-order valence-corrected chi connectivity index (χ1v) is 7.12. The summed E-state index contributed by atoms with van der Waals surface area (Å²) in [7, 11) is 0. The maximum atomic E-state index is 13.0. The zero-order valence-electron chi connectivity index (χ0n) is 11.6. The molecule has 4 rings (SSSR count). The minimum absolute atomic E-state index is 0.00937. The van der Waals surface area contributed by atoms with E-state index in [1.165, 1.54) is 0 Å². The Balaban J connectivity index is 2.03. The van der Waals surface area contributed by atoms with Crippen molar-refractivity contribution in [1.82, 2.24) is 0 Å². The van der Waals surface area contributed by atoms with Crippen LogP contribution >= 0.6 is 0 Å². The van der Waals surface area contributed by atoms with Crippen molar-refractivity contribution in [3.05, 3.63) is 47.0 Å². The van der Waals surface area contributed by atoms with Crippen LogP contribution in [0.3, 0.4) is 0 Å². The molecule has 3 aliphatic rings. The predicted octanol–water partition coefficient (Wildman–Crippen LogP) is 2.24. The molecule has 3 aliphatic carbocycles. The second kappa shape index (κ2) is 3.23. The molecule has 2 N–H and O–H groups in total. The van der Waals surface area contributed by atoms with Gasteiger partial charge < -0.3 is 10.2 Å². The quantitative estimate of drug-likeness (QED) is 0.711. The lowest BCUT2D eigenvalue weighted by atomic mass is 9.63. The number of carbonyl (C=O) groups excluding carboxylic acids is 1. The Bertz CT molecular complexity index is 677. The Morgan fingerprint density at radius 3 is 2.75 bits per heavy atom. The number of hydrogen-bond acceptors (Lipinski definition) is 3. The fourth-order valence-electron chi connectivity index (χ4n) is 4.69. The zero-order valence-corrected chi connectivity index (χ0v) is 11.6. The van der Waals surface area contributed by atoms with Crippen LogP contribution in [0.5, 0.6) is 0 Å². The number of aliphatic hydroxyl groups is 2. The van der Waals surface area contributed by atoms with Crippen LogP contribution in [0.4, 0.5) is 0 Å². The number of aryl methyl sites for hydroxylation is 1. The third kappa shape index (κ3) is 1.06. The van der Waals surface area contributed by atoms with Crippen LogP contribution < -0.4 is 0 Å². The molecule has 0 heterocycles. The third-order valence-electron chi connectivity index (χ3n) is 5.84. The minimum Gasteiger partial charge on any atom is -0.385 e. The molecule has 20 heavy (non-hydrogen) atoms. The van der Waals surface area contributed by atoms with Crippen LogP contribution in [-0.2, 0) is 5.60 Å². The van der Waals surface area contributed by atoms with Crippen molar-refractivity contribution >= 4 is 5.78 Å². The second-order valence-electron chi connectivity index (χ2n) is 6.76. The highest BCUT2D eigenvalue weighted by molar-refractivity contribution is 6.08. The van der Waals surface area contributed by atoms with Gasteiger partial charge in [-0.25, -0.2) is 0 Å². The normalized spacial score (nSPS) is 41.8. The summed E-state index contributed by atoms with van der Waals surface area (Å²) >= 11 is 0. The molecule has 3 nitrogen and oxygen atoms in total. The number of benzene rings is 1. The number of carbonyl (C=O) groups is 1. The van der Waals surface area contributed by atoms with Crippen LogP contribution in [0.15, 0.2) is 30.4 Å². The lowest BCUT2D eigenvalue weighted by molar-refractivity contribution is -0.115. The van der Waals surface area contributed by atoms with Gasteiger partial charge in [-0.3, -0.25) is 4.79 Å². The molecule has 0 saturated heterocycles. The monoisotopic (exact) mass is 270 g/mol. The molecular weight excluding hydrogens is 252 g/mol. The van der Waals surface area contributed by atoms with E-state index in [1.54, 1.807) is 0 Å². The van der Waals surface area contributed by atoms with Gasteiger partial charge in [-0.1, -0.05) is 24.8 Å². The largest absolute Gasteiger partial charge is 0.385 e. The number of Topliss-reactive ketones (excluding diaryl/α,β-unsaturated/α-hetero) is 1. The molecule has 104 valence electrons. The van der Waals surface area contributed by atoms with Gasteiger partial charge in [0.1, 0.15) is 5.60 Å². The van der Waals surface area contributed by atoms with E-state index in [2.05, 4.69) is 6.58 Å². The number of rotatable bonds is 0. The highest BCUT2D eigenvalue weighted by Gasteiger charge is 2.71. The SMILES string of the molecule is C=C1C[C@]23C[C@@]1(O)CC[C@@]2(O)c1cccc(C)c1C3=O. The van der Waals surface area contributed by atoms with Crippen molar-refractivity contribution in [2.45, 2.75) is 43.8 Å². The molecular formula is C17H18O3. The Morgan fingerprint density at radius 1 is 1.25 bits per heavy atom. The van der Waals surface area contributed by atoms with Crippen molar-refractivity contribution in [3.63, 3.8) is 0 Å². The van der Waals surface area contributed by atoms with Crippen molar-refractivity contribution < 1.29 is 15.0 Å². The summed E-state index contributed by atoms with van der Waals surface area (Å²) in [5.41, 5.74) is 0.00620. The molecule has 0 aliphatic heterocycles. The van der Waals surface area contributed by atoms with Gasteiger partial charge in [-0.05, 0) is 49.3 Å². The summed E-state index contributed by atoms with van der Waals surface area (Å²) in [6.45, 7) is 5.87. The lowest BCUT2D eigenvalue weighted by Crippen LogP contribution is -2.50. The Kier molecular flexibility index (Phi) is 1.99. The van der Waals surface area contributed by atoms with Crippen LogP contribution in [0.25, 0.3) is 0 Å². The number of ketones is 1. The van der Waals surface area contributed by atoms with Gasteiger partial charge in [0, 0.05) is 5.56 Å². The van der Waals surface area contributed by atoms with Crippen LogP contribution in [0.1, 0.15) is 47.2 Å². The fraction of sp³-hybridized carbons (Fsp3) is 0.471. The molecule has 0 unspecified atom stereocenters. The summed E-state index contributed by atoms with van der Waals surface area (Å²) in [5, 5.41) is 21.9. The van der Waals surface area contributed by atoms with Gasteiger partial charge in [0.25, 0.3) is 0 Å². The molecule has 2 bridgehead atoms. The molecule has 1 aromatic rings. The van der Waals surface area contributed by atoms with Crippen LogP contribution in [0.2, 0.25) is 0 Å². The maximum absolute atomic E-state index is 13.0. The first kappa shape index (κ1) is 12.3. The van der Waals surface area contributed by atoms with Gasteiger partial charge in [-0.15, -0.1) is 0 Å². The van der Waals surface area contributed by atoms with E-state index in [0.717, 1.165) is 11.1 Å². The first-order chi connectivity index (χ1) is 9.34. The van der Waals surface area contributed by atoms with Crippen molar-refractivity contribution in [1.29, 1.82) is 0 Å². The molecule has 1 spiro atoms. The minimum atomic E-state index is -1.14. The van der Waals surface area contributed by atoms with Crippen LogP contribution in [-0.4, -0.2) is 21.6 Å². The highest BCUT2D eigenvalue weighted by Crippen LogP contribution is 2.68. The molecule has 0 aromatic heterocycles. The molecule has 3 heteroatoms. The topological polar surface area (TPSA) is 57.5 Å². The van der Waals surface area contributed by atoms with E-state index in [1.807, 2.05) is 25.1 Å². The predicted molar refractivity (Wildman–Crippen MR) is 74.4 cm³/mol. The van der Waals surface area contributed by atoms with Crippen LogP contribution in [0, 0.1) is 12.3 Å². The zero-order chi connectivity index (χ0) is 14.3. The van der Waals surface area contributed by atoms with E-state index in [4.69, 9.17) is 0 Å². The average molecular weight is 270 g/mol. The second-order valence-corrected chi connectivity index (χ2v) is 6.76. The Hall–Kier alpha value is -1.45. The Labute approximate surface area is 117 Å². The van der Waals surface area contributed by atoms with Gasteiger partial charge in [0.05, 0.1) is 11.0 Å². The van der Waals surface area contributed by atoms with E-state index < -0.39 is 16.6 Å². The van der Waals surface area contributed by atoms with E-state index in [0.29, 0.717) is 36.8 Å². The summed E-state index contributed by atoms with van der Waals surface area (Å²) in [5.74, 6) is -0.00937. The molecule has 0 radical (unpaired) electrons. The standard InChI is InChI=1S/C17H18O3/c1-10-4-3-5-12-13(10)14(18)15-8-11(2)16(19,9-15)6-7-17(12,15)20/h3-5,19-20H,2,6-9H2,1H3/t15-,16+,17-/m1/s1. The summed E-state index contributed by atoms with van der Waals surface area (Å²) < 4.78 is 0. The summed E-state index contributed by atoms with van der Waals surface area (Å²) in [6, 6.07) is 5.66. The summed E-state index contributed by atoms with van der Waals surface area (Å²) in [6.07, 6.45) is 1.60. The first-order valence-electron chi connectivity index (χ1n) is 7.12. The van der Waals surface area contributed by atoms with Gasteiger partial charge in [0.2, 0.25) is 0 Å². The highest BCUT2D eigenvalue weighted by atomic mass is 16.3. The van der Waals surface area contributed by atoms with E-state index in [9.17, 15) is 15.0 Å². The Morgan fingerprint density at radius 2 is 2.00 bits per heavy atom. The molecule has 0 amide bonds. The van der Waals surface area contributed by atoms with Crippen molar-refractivity contribution in [2.24, 2.45) is 5.41 Å². The molecule has 2 saturated carbocycles. The third-order valence-corrected chi connectivity index (χ3v) is 5.84. The summed E-state index contributed by atoms with van der Waals surface area (Å²) in [4.78, 5) is 13.0. The number of fused-ring (bicyclic) bond motifs is 3. The van der Waals surface area contributed by atoms with E-state index >= 15 is 0 Å². The number of hydrogen-bond donors (Lipinski definition) is 2. The molecule has 2 fully saturated rings. The van der Waals surface area contributed by atoms with E-state index in [-0.39, 0.29) is 5.78 Å². The van der Waals surface area contributed by atoms with Gasteiger partial charge in [-0.2, -0.15) is 0 Å². The lowest BCUT2D eigenvalue weighted by Gasteiger charge is -2.44. The van der Waals surface area contributed by atoms with Gasteiger partial charge >= 0.3 is 0 Å². The fourth-order valence-corrected chi connectivity index (χ4v) is 4.69. The molecule has 3 atom stereocenters. The smallest absolute Gasteiger partial charge is 0.173 e. The average Bonchev–Trinajstić information content (AvgIpc) is 2.74. The molecule has 1 aromatic carbocycles. The van der Waals surface area contributed by atoms with Crippen molar-refractivity contribution in [3.8, 4) is 0 Å².